The van der Waals surface area contributed by atoms with Gasteiger partial charge in [-0.15, -0.1) is 0 Å². The highest BCUT2D eigenvalue weighted by Crippen LogP contribution is 2.16. The van der Waals surface area contributed by atoms with E-state index in [2.05, 4.69) is 15.4 Å². The van der Waals surface area contributed by atoms with Crippen molar-refractivity contribution in [2.75, 3.05) is 12.3 Å². The fourth-order valence-electron chi connectivity index (χ4n) is 2.01. The number of carbonyl (C=O) groups excluding carboxylic acids is 1. The standard InChI is InChI=1S/C14H19N5O/c1-3-19-13(12(15)10(2)18-19)14(20)17-8-6-11-5-4-7-16-9-11/h4-5,7,9H,3,6,8,15H2,1-2H3,(H,17,20). The Morgan fingerprint density at radius 2 is 2.30 bits per heavy atom. The monoisotopic (exact) mass is 273 g/mol. The van der Waals surface area contributed by atoms with Crippen LogP contribution in [0.15, 0.2) is 24.5 Å². The maximum atomic E-state index is 12.2. The van der Waals surface area contributed by atoms with Gasteiger partial charge in [0.15, 0.2) is 0 Å². The summed E-state index contributed by atoms with van der Waals surface area (Å²) in [6, 6.07) is 3.86. The van der Waals surface area contributed by atoms with Crippen molar-refractivity contribution in [3.05, 3.63) is 41.5 Å². The zero-order valence-electron chi connectivity index (χ0n) is 11.8. The molecule has 0 bridgehead atoms. The van der Waals surface area contributed by atoms with Crippen LogP contribution in [-0.4, -0.2) is 27.2 Å². The molecule has 2 heterocycles. The number of aryl methyl sites for hydroxylation is 2. The van der Waals surface area contributed by atoms with Crippen molar-refractivity contribution >= 4 is 11.6 Å². The lowest BCUT2D eigenvalue weighted by molar-refractivity contribution is 0.0944. The molecule has 2 aromatic rings. The van der Waals surface area contributed by atoms with Crippen molar-refractivity contribution in [3.8, 4) is 0 Å². The number of nitrogens with one attached hydrogen (secondary N) is 1. The molecule has 2 rings (SSSR count). The van der Waals surface area contributed by atoms with Crippen LogP contribution in [0.5, 0.6) is 0 Å². The van der Waals surface area contributed by atoms with Crippen LogP contribution in [0.1, 0.15) is 28.7 Å². The Balaban J connectivity index is 1.99. The second-order valence-electron chi connectivity index (χ2n) is 4.53. The molecule has 0 atom stereocenters. The van der Waals surface area contributed by atoms with Gasteiger partial charge in [-0.2, -0.15) is 5.10 Å². The van der Waals surface area contributed by atoms with Gasteiger partial charge in [-0.3, -0.25) is 14.5 Å². The molecule has 6 heteroatoms. The van der Waals surface area contributed by atoms with Crippen LogP contribution >= 0.6 is 0 Å². The lowest BCUT2D eigenvalue weighted by atomic mass is 10.2. The van der Waals surface area contributed by atoms with Crippen LogP contribution in [0, 0.1) is 6.92 Å². The lowest BCUT2D eigenvalue weighted by Gasteiger charge is -2.07. The number of hydrogen-bond donors (Lipinski definition) is 2. The fourth-order valence-corrected chi connectivity index (χ4v) is 2.01. The molecule has 0 saturated heterocycles. The Kier molecular flexibility index (Phi) is 4.34. The number of nitrogens with zero attached hydrogens (tertiary/aromatic N) is 3. The van der Waals surface area contributed by atoms with Crippen molar-refractivity contribution < 1.29 is 4.79 Å². The average molecular weight is 273 g/mol. The Morgan fingerprint density at radius 3 is 2.95 bits per heavy atom. The Bertz CT molecular complexity index is 591. The van der Waals surface area contributed by atoms with Gasteiger partial charge in [0.25, 0.3) is 5.91 Å². The molecule has 0 radical (unpaired) electrons. The summed E-state index contributed by atoms with van der Waals surface area (Å²) in [6.07, 6.45) is 4.26. The number of aromatic nitrogens is 3. The normalized spacial score (nSPS) is 10.5. The van der Waals surface area contributed by atoms with Gasteiger partial charge in [-0.1, -0.05) is 6.07 Å². The van der Waals surface area contributed by atoms with Crippen LogP contribution in [0.2, 0.25) is 0 Å². The highest BCUT2D eigenvalue weighted by atomic mass is 16.2. The molecule has 6 nitrogen and oxygen atoms in total. The van der Waals surface area contributed by atoms with Gasteiger partial charge in [0.2, 0.25) is 0 Å². The van der Waals surface area contributed by atoms with Gasteiger partial charge >= 0.3 is 0 Å². The minimum absolute atomic E-state index is 0.186. The zero-order chi connectivity index (χ0) is 14.5. The van der Waals surface area contributed by atoms with E-state index in [1.165, 1.54) is 0 Å². The van der Waals surface area contributed by atoms with Gasteiger partial charge in [0, 0.05) is 25.5 Å². The van der Waals surface area contributed by atoms with E-state index in [0.717, 1.165) is 12.0 Å². The molecule has 0 saturated carbocycles. The second-order valence-corrected chi connectivity index (χ2v) is 4.53. The second kappa shape index (κ2) is 6.18. The molecule has 0 unspecified atom stereocenters. The summed E-state index contributed by atoms with van der Waals surface area (Å²) in [4.78, 5) is 16.2. The van der Waals surface area contributed by atoms with E-state index in [1.54, 1.807) is 24.0 Å². The fraction of sp³-hybridized carbons (Fsp3) is 0.357. The lowest BCUT2D eigenvalue weighted by Crippen LogP contribution is -2.28. The molecule has 0 aliphatic heterocycles. The van der Waals surface area contributed by atoms with Gasteiger partial charge in [0.05, 0.1) is 11.4 Å². The first kappa shape index (κ1) is 14.0. The summed E-state index contributed by atoms with van der Waals surface area (Å²) in [7, 11) is 0. The van der Waals surface area contributed by atoms with Gasteiger partial charge in [-0.05, 0) is 31.9 Å². The maximum Gasteiger partial charge on any atom is 0.271 e. The predicted molar refractivity (Wildman–Crippen MR) is 77.3 cm³/mol. The largest absolute Gasteiger partial charge is 0.395 e. The first-order valence-corrected chi connectivity index (χ1v) is 6.63. The van der Waals surface area contributed by atoms with Crippen LogP contribution in [-0.2, 0) is 13.0 Å². The van der Waals surface area contributed by atoms with Crippen molar-refractivity contribution in [3.63, 3.8) is 0 Å². The third kappa shape index (κ3) is 2.96. The third-order valence-corrected chi connectivity index (χ3v) is 3.11. The highest BCUT2D eigenvalue weighted by Gasteiger charge is 2.18. The van der Waals surface area contributed by atoms with E-state index in [4.69, 9.17) is 5.73 Å². The summed E-state index contributed by atoms with van der Waals surface area (Å²) < 4.78 is 1.63. The number of anilines is 1. The summed E-state index contributed by atoms with van der Waals surface area (Å²) in [5.41, 5.74) is 8.57. The first-order valence-electron chi connectivity index (χ1n) is 6.63. The topological polar surface area (TPSA) is 85.8 Å². The molecular weight excluding hydrogens is 254 g/mol. The molecule has 0 spiro atoms. The van der Waals surface area contributed by atoms with Crippen LogP contribution < -0.4 is 11.1 Å². The molecule has 3 N–H and O–H groups in total. The van der Waals surface area contributed by atoms with E-state index in [9.17, 15) is 4.79 Å². The highest BCUT2D eigenvalue weighted by molar-refractivity contribution is 5.97. The quantitative estimate of drug-likeness (QED) is 0.856. The van der Waals surface area contributed by atoms with E-state index < -0.39 is 0 Å². The number of pyridine rings is 1. The smallest absolute Gasteiger partial charge is 0.271 e. The van der Waals surface area contributed by atoms with Crippen molar-refractivity contribution in [2.45, 2.75) is 26.8 Å². The molecule has 0 fully saturated rings. The molecular formula is C14H19N5O. The summed E-state index contributed by atoms with van der Waals surface area (Å²) >= 11 is 0. The molecule has 2 aromatic heterocycles. The van der Waals surface area contributed by atoms with Crippen LogP contribution in [0.25, 0.3) is 0 Å². The van der Waals surface area contributed by atoms with Gasteiger partial charge < -0.3 is 11.1 Å². The number of nitrogen functional groups attached to an aromatic ring is 1. The third-order valence-electron chi connectivity index (χ3n) is 3.11. The predicted octanol–water partition coefficient (Wildman–Crippen LogP) is 1.16. The number of hydrogen-bond acceptors (Lipinski definition) is 4. The Hall–Kier alpha value is -2.37. The SMILES string of the molecule is CCn1nc(C)c(N)c1C(=O)NCCc1cccnc1. The van der Waals surface area contributed by atoms with Crippen LogP contribution in [0.4, 0.5) is 5.69 Å². The van der Waals surface area contributed by atoms with Crippen molar-refractivity contribution in [2.24, 2.45) is 0 Å². The minimum Gasteiger partial charge on any atom is -0.395 e. The molecule has 0 aliphatic rings. The average Bonchev–Trinajstić information content (AvgIpc) is 2.75. The van der Waals surface area contributed by atoms with E-state index >= 15 is 0 Å². The Labute approximate surface area is 118 Å². The number of rotatable bonds is 5. The molecule has 1 amide bonds. The first-order chi connectivity index (χ1) is 9.63. The Morgan fingerprint density at radius 1 is 1.50 bits per heavy atom. The molecule has 0 aromatic carbocycles. The zero-order valence-corrected chi connectivity index (χ0v) is 11.8. The van der Waals surface area contributed by atoms with Crippen molar-refractivity contribution in [1.82, 2.24) is 20.1 Å². The number of nitrogens with two attached hydrogens (primary N) is 1. The molecule has 106 valence electrons. The summed E-state index contributed by atoms with van der Waals surface area (Å²) in [5, 5.41) is 7.11. The summed E-state index contributed by atoms with van der Waals surface area (Å²) in [5.74, 6) is -0.186. The minimum atomic E-state index is -0.186. The van der Waals surface area contributed by atoms with Gasteiger partial charge in [-0.25, -0.2) is 0 Å². The van der Waals surface area contributed by atoms with E-state index in [-0.39, 0.29) is 5.91 Å². The number of amides is 1. The van der Waals surface area contributed by atoms with Crippen molar-refractivity contribution in [1.29, 1.82) is 0 Å². The number of carbonyl (C=O) groups is 1. The molecule has 20 heavy (non-hydrogen) atoms. The molecule has 0 aliphatic carbocycles. The summed E-state index contributed by atoms with van der Waals surface area (Å²) in [6.45, 7) is 4.88. The van der Waals surface area contributed by atoms with Gasteiger partial charge in [0.1, 0.15) is 5.69 Å². The van der Waals surface area contributed by atoms with E-state index in [1.807, 2.05) is 19.1 Å². The maximum absolute atomic E-state index is 12.2. The van der Waals surface area contributed by atoms with E-state index in [0.29, 0.717) is 30.2 Å². The van der Waals surface area contributed by atoms with Crippen LogP contribution in [0.3, 0.4) is 0 Å².